The van der Waals surface area contributed by atoms with Crippen molar-refractivity contribution >= 4 is 0 Å². The van der Waals surface area contributed by atoms with Gasteiger partial charge in [0.1, 0.15) is 23.9 Å². The van der Waals surface area contributed by atoms with Crippen LogP contribution in [0.4, 0.5) is 0 Å². The molecule has 3 nitrogen and oxygen atoms in total. The first kappa shape index (κ1) is 16.4. The Hall–Kier alpha value is -2.00. The Morgan fingerprint density at radius 3 is 1.95 bits per heavy atom. The molecule has 0 aliphatic rings. The molecule has 0 radical (unpaired) electrons. The molecule has 0 fully saturated rings. The van der Waals surface area contributed by atoms with Gasteiger partial charge in [-0.3, -0.25) is 0 Å². The summed E-state index contributed by atoms with van der Waals surface area (Å²) >= 11 is 0. The van der Waals surface area contributed by atoms with Crippen LogP contribution in [0.5, 0.6) is 17.2 Å². The van der Waals surface area contributed by atoms with Gasteiger partial charge in [-0.25, -0.2) is 0 Å². The second kappa shape index (κ2) is 7.85. The van der Waals surface area contributed by atoms with Gasteiger partial charge in [-0.15, -0.1) is 0 Å². The van der Waals surface area contributed by atoms with E-state index in [1.54, 1.807) is 7.11 Å². The Bertz CT molecular complexity index is 580. The summed E-state index contributed by atoms with van der Waals surface area (Å²) in [6, 6.07) is 11.8. The molecule has 0 aliphatic carbocycles. The lowest BCUT2D eigenvalue weighted by atomic mass is 10.0. The molecule has 0 aliphatic heterocycles. The van der Waals surface area contributed by atoms with E-state index in [9.17, 15) is 0 Å². The molecule has 0 N–H and O–H groups in total. The first-order valence-corrected chi connectivity index (χ1v) is 7.63. The van der Waals surface area contributed by atoms with Crippen molar-refractivity contribution in [2.45, 2.75) is 27.2 Å². The maximum absolute atomic E-state index is 5.94. The third-order valence-electron chi connectivity index (χ3n) is 3.64. The fourth-order valence-corrected chi connectivity index (χ4v) is 2.55. The molecule has 2 aromatic carbocycles. The summed E-state index contributed by atoms with van der Waals surface area (Å²) in [5.74, 6) is 2.50. The summed E-state index contributed by atoms with van der Waals surface area (Å²) in [6.45, 7) is 7.57. The Labute approximate surface area is 132 Å². The summed E-state index contributed by atoms with van der Waals surface area (Å²) in [5.41, 5.74) is 3.95. The SMILES string of the molecule is CCc1c(C)cc(Oc2ccc(OCCOC)cc2)cc1C. The van der Waals surface area contributed by atoms with Crippen LogP contribution in [0.3, 0.4) is 0 Å². The number of benzene rings is 2. The largest absolute Gasteiger partial charge is 0.491 e. The van der Waals surface area contributed by atoms with Crippen LogP contribution in [0, 0.1) is 13.8 Å². The summed E-state index contributed by atoms with van der Waals surface area (Å²) in [7, 11) is 1.66. The van der Waals surface area contributed by atoms with Crippen LogP contribution in [-0.4, -0.2) is 20.3 Å². The Balaban J connectivity index is 2.04. The van der Waals surface area contributed by atoms with Crippen molar-refractivity contribution in [2.24, 2.45) is 0 Å². The molecule has 0 heterocycles. The summed E-state index contributed by atoms with van der Waals surface area (Å²) in [6.07, 6.45) is 1.05. The number of methoxy groups -OCH3 is 1. The highest BCUT2D eigenvalue weighted by Gasteiger charge is 2.05. The lowest BCUT2D eigenvalue weighted by Crippen LogP contribution is -2.03. The van der Waals surface area contributed by atoms with Gasteiger partial charge in [0.25, 0.3) is 0 Å². The minimum Gasteiger partial charge on any atom is -0.491 e. The monoisotopic (exact) mass is 300 g/mol. The highest BCUT2D eigenvalue weighted by atomic mass is 16.5. The second-order valence-electron chi connectivity index (χ2n) is 5.30. The number of hydrogen-bond donors (Lipinski definition) is 0. The highest BCUT2D eigenvalue weighted by molar-refractivity contribution is 5.43. The zero-order chi connectivity index (χ0) is 15.9. The van der Waals surface area contributed by atoms with E-state index in [0.717, 1.165) is 23.7 Å². The zero-order valence-corrected chi connectivity index (χ0v) is 13.8. The van der Waals surface area contributed by atoms with Gasteiger partial charge in [0, 0.05) is 7.11 Å². The molecular weight excluding hydrogens is 276 g/mol. The number of hydrogen-bond acceptors (Lipinski definition) is 3. The third kappa shape index (κ3) is 4.25. The normalized spacial score (nSPS) is 10.5. The number of ether oxygens (including phenoxy) is 3. The van der Waals surface area contributed by atoms with Gasteiger partial charge in [0.15, 0.2) is 0 Å². The molecule has 0 spiro atoms. The van der Waals surface area contributed by atoms with Crippen LogP contribution >= 0.6 is 0 Å². The van der Waals surface area contributed by atoms with Crippen molar-refractivity contribution in [1.29, 1.82) is 0 Å². The molecule has 2 aromatic rings. The smallest absolute Gasteiger partial charge is 0.127 e. The predicted molar refractivity (Wildman–Crippen MR) is 89.2 cm³/mol. The van der Waals surface area contributed by atoms with E-state index in [2.05, 4.69) is 32.9 Å². The van der Waals surface area contributed by atoms with Crippen LogP contribution in [-0.2, 0) is 11.2 Å². The quantitative estimate of drug-likeness (QED) is 0.695. The molecule has 2 rings (SSSR count). The Morgan fingerprint density at radius 1 is 0.818 bits per heavy atom. The molecule has 0 amide bonds. The van der Waals surface area contributed by atoms with Gasteiger partial charge < -0.3 is 14.2 Å². The van der Waals surface area contributed by atoms with Crippen LogP contribution in [0.1, 0.15) is 23.6 Å². The van der Waals surface area contributed by atoms with Crippen molar-refractivity contribution in [3.63, 3.8) is 0 Å². The molecule has 0 atom stereocenters. The standard InChI is InChI=1S/C19H24O3/c1-5-19-14(2)12-18(13-15(19)3)22-17-8-6-16(7-9-17)21-11-10-20-4/h6-9,12-13H,5,10-11H2,1-4H3. The number of aryl methyl sites for hydroxylation is 2. The lowest BCUT2D eigenvalue weighted by molar-refractivity contribution is 0.146. The van der Waals surface area contributed by atoms with Crippen LogP contribution in [0.15, 0.2) is 36.4 Å². The van der Waals surface area contributed by atoms with E-state index in [4.69, 9.17) is 14.2 Å². The minimum absolute atomic E-state index is 0.549. The maximum atomic E-state index is 5.94. The molecular formula is C19H24O3. The van der Waals surface area contributed by atoms with E-state index in [1.165, 1.54) is 16.7 Å². The average molecular weight is 300 g/mol. The molecule has 0 bridgehead atoms. The van der Waals surface area contributed by atoms with Crippen molar-refractivity contribution in [3.05, 3.63) is 53.1 Å². The summed E-state index contributed by atoms with van der Waals surface area (Å²) < 4.78 is 16.4. The molecule has 0 unspecified atom stereocenters. The highest BCUT2D eigenvalue weighted by Crippen LogP contribution is 2.28. The van der Waals surface area contributed by atoms with E-state index in [-0.39, 0.29) is 0 Å². The van der Waals surface area contributed by atoms with E-state index < -0.39 is 0 Å². The first-order valence-electron chi connectivity index (χ1n) is 7.63. The van der Waals surface area contributed by atoms with Crippen molar-refractivity contribution in [1.82, 2.24) is 0 Å². The molecule has 0 saturated carbocycles. The molecule has 118 valence electrons. The van der Waals surface area contributed by atoms with Gasteiger partial charge in [-0.2, -0.15) is 0 Å². The van der Waals surface area contributed by atoms with E-state index in [1.807, 2.05) is 24.3 Å². The van der Waals surface area contributed by atoms with Crippen LogP contribution in [0.25, 0.3) is 0 Å². The van der Waals surface area contributed by atoms with Gasteiger partial charge >= 0.3 is 0 Å². The third-order valence-corrected chi connectivity index (χ3v) is 3.64. The molecule has 0 aromatic heterocycles. The van der Waals surface area contributed by atoms with Crippen molar-refractivity contribution in [3.8, 4) is 17.2 Å². The van der Waals surface area contributed by atoms with Gasteiger partial charge in [-0.1, -0.05) is 6.92 Å². The van der Waals surface area contributed by atoms with Gasteiger partial charge in [0.2, 0.25) is 0 Å². The second-order valence-corrected chi connectivity index (χ2v) is 5.30. The molecule has 3 heteroatoms. The topological polar surface area (TPSA) is 27.7 Å². The van der Waals surface area contributed by atoms with Gasteiger partial charge in [-0.05, 0) is 73.4 Å². The predicted octanol–water partition coefficient (Wildman–Crippen LogP) is 4.68. The fourth-order valence-electron chi connectivity index (χ4n) is 2.55. The number of rotatable bonds is 7. The molecule has 22 heavy (non-hydrogen) atoms. The van der Waals surface area contributed by atoms with Crippen molar-refractivity contribution in [2.75, 3.05) is 20.3 Å². The Kier molecular flexibility index (Phi) is 5.84. The Morgan fingerprint density at radius 2 is 1.41 bits per heavy atom. The lowest BCUT2D eigenvalue weighted by Gasteiger charge is -2.12. The minimum atomic E-state index is 0.549. The molecule has 0 saturated heterocycles. The van der Waals surface area contributed by atoms with E-state index >= 15 is 0 Å². The van der Waals surface area contributed by atoms with Gasteiger partial charge in [0.05, 0.1) is 6.61 Å². The maximum Gasteiger partial charge on any atom is 0.127 e. The average Bonchev–Trinajstić information content (AvgIpc) is 2.49. The summed E-state index contributed by atoms with van der Waals surface area (Å²) in [5, 5.41) is 0. The van der Waals surface area contributed by atoms with Crippen LogP contribution in [0.2, 0.25) is 0 Å². The zero-order valence-electron chi connectivity index (χ0n) is 13.8. The van der Waals surface area contributed by atoms with Crippen molar-refractivity contribution < 1.29 is 14.2 Å². The van der Waals surface area contributed by atoms with E-state index in [0.29, 0.717) is 13.2 Å². The fraction of sp³-hybridized carbons (Fsp3) is 0.368. The first-order chi connectivity index (χ1) is 10.6. The summed E-state index contributed by atoms with van der Waals surface area (Å²) in [4.78, 5) is 0. The van der Waals surface area contributed by atoms with Crippen LogP contribution < -0.4 is 9.47 Å².